The number of carbonyl (C=O) groups excluding carboxylic acids is 1. The molecule has 0 aliphatic heterocycles. The predicted octanol–water partition coefficient (Wildman–Crippen LogP) is 3.93. The van der Waals surface area contributed by atoms with E-state index in [2.05, 4.69) is 15.9 Å². The van der Waals surface area contributed by atoms with E-state index in [4.69, 9.17) is 11.6 Å². The Kier molecular flexibility index (Phi) is 4.08. The number of benzene rings is 1. The molecule has 14 heavy (non-hydrogen) atoms. The zero-order chi connectivity index (χ0) is 10.7. The van der Waals surface area contributed by atoms with Crippen LogP contribution in [0.15, 0.2) is 16.6 Å². The van der Waals surface area contributed by atoms with Crippen LogP contribution in [0.3, 0.4) is 0 Å². The van der Waals surface area contributed by atoms with E-state index in [1.807, 2.05) is 6.92 Å². The normalized spacial score (nSPS) is 12.6. The monoisotopic (exact) mass is 278 g/mol. The lowest BCUT2D eigenvalue weighted by Gasteiger charge is -2.09. The fourth-order valence-electron chi connectivity index (χ4n) is 1.14. The Hall–Kier alpha value is -0.410. The summed E-state index contributed by atoms with van der Waals surface area (Å²) >= 11 is 8.81. The first kappa shape index (κ1) is 11.7. The van der Waals surface area contributed by atoms with Gasteiger partial charge in [0, 0.05) is 6.42 Å². The number of hydrogen-bond donors (Lipinski definition) is 0. The molecule has 1 aromatic rings. The first-order chi connectivity index (χ1) is 6.56. The highest BCUT2D eigenvalue weighted by molar-refractivity contribution is 9.10. The molecule has 1 unspecified atom stereocenters. The minimum Gasteiger partial charge on any atom is -0.303 e. The molecule has 1 nitrogen and oxygen atoms in total. The van der Waals surface area contributed by atoms with Gasteiger partial charge in [0.1, 0.15) is 12.1 Å². The molecule has 0 saturated heterocycles. The molecule has 1 rings (SSSR count). The van der Waals surface area contributed by atoms with Gasteiger partial charge >= 0.3 is 0 Å². The molecule has 0 amide bonds. The second-order valence-electron chi connectivity index (χ2n) is 3.10. The zero-order valence-electron chi connectivity index (χ0n) is 7.56. The van der Waals surface area contributed by atoms with Crippen LogP contribution < -0.4 is 0 Å². The van der Waals surface area contributed by atoms with Crippen molar-refractivity contribution < 1.29 is 9.18 Å². The summed E-state index contributed by atoms with van der Waals surface area (Å²) < 4.78 is 13.5. The van der Waals surface area contributed by atoms with Gasteiger partial charge in [0.15, 0.2) is 0 Å². The van der Waals surface area contributed by atoms with Crippen molar-refractivity contribution in [3.63, 3.8) is 0 Å². The van der Waals surface area contributed by atoms with Gasteiger partial charge in [-0.05, 0) is 39.5 Å². The predicted molar refractivity (Wildman–Crippen MR) is 58.2 cm³/mol. The Labute approximate surface area is 95.4 Å². The van der Waals surface area contributed by atoms with Crippen molar-refractivity contribution >= 4 is 33.8 Å². The summed E-state index contributed by atoms with van der Waals surface area (Å²) in [7, 11) is 0. The molecule has 0 N–H and O–H groups in total. The fraction of sp³-hybridized carbons (Fsp3) is 0.300. The van der Waals surface area contributed by atoms with E-state index in [1.165, 1.54) is 6.07 Å². The van der Waals surface area contributed by atoms with Crippen LogP contribution in [0.2, 0.25) is 5.02 Å². The maximum absolute atomic E-state index is 13.2. The van der Waals surface area contributed by atoms with Gasteiger partial charge in [-0.1, -0.05) is 18.5 Å². The second-order valence-corrected chi connectivity index (χ2v) is 4.30. The van der Waals surface area contributed by atoms with Crippen molar-refractivity contribution in [1.29, 1.82) is 0 Å². The summed E-state index contributed by atoms with van der Waals surface area (Å²) in [6.45, 7) is 1.85. The highest BCUT2D eigenvalue weighted by Crippen LogP contribution is 2.30. The molecule has 0 heterocycles. The minimum atomic E-state index is -0.398. The summed E-state index contributed by atoms with van der Waals surface area (Å²) in [6, 6.07) is 3.06. The topological polar surface area (TPSA) is 17.1 Å². The summed E-state index contributed by atoms with van der Waals surface area (Å²) in [6.07, 6.45) is 1.19. The van der Waals surface area contributed by atoms with Crippen molar-refractivity contribution in [3.8, 4) is 0 Å². The fourth-order valence-corrected chi connectivity index (χ4v) is 1.59. The van der Waals surface area contributed by atoms with E-state index in [1.54, 1.807) is 6.07 Å². The van der Waals surface area contributed by atoms with Gasteiger partial charge in [-0.15, -0.1) is 0 Å². The molecule has 4 heteroatoms. The smallest absolute Gasteiger partial charge is 0.139 e. The quantitative estimate of drug-likeness (QED) is 0.605. The van der Waals surface area contributed by atoms with Gasteiger partial charge in [-0.3, -0.25) is 0 Å². The Morgan fingerprint density at radius 1 is 1.64 bits per heavy atom. The Bertz CT molecular complexity index is 331. The lowest BCUT2D eigenvalue weighted by Crippen LogP contribution is -1.96. The average molecular weight is 280 g/mol. The molecule has 0 aromatic heterocycles. The summed E-state index contributed by atoms with van der Waals surface area (Å²) in [5.41, 5.74) is 0.739. The molecular weight excluding hydrogens is 270 g/mol. The van der Waals surface area contributed by atoms with Gasteiger partial charge < -0.3 is 4.79 Å². The van der Waals surface area contributed by atoms with Crippen molar-refractivity contribution in [2.24, 2.45) is 0 Å². The van der Waals surface area contributed by atoms with Gasteiger partial charge in [0.05, 0.1) is 9.50 Å². The van der Waals surface area contributed by atoms with Crippen LogP contribution in [-0.2, 0) is 4.79 Å². The maximum Gasteiger partial charge on any atom is 0.139 e. The summed E-state index contributed by atoms with van der Waals surface area (Å²) in [4.78, 5) is 10.3. The van der Waals surface area contributed by atoms with Crippen LogP contribution >= 0.6 is 27.5 Å². The lowest BCUT2D eigenvalue weighted by atomic mass is 9.98. The third-order valence-electron chi connectivity index (χ3n) is 2.02. The van der Waals surface area contributed by atoms with Gasteiger partial charge in [0.25, 0.3) is 0 Å². The van der Waals surface area contributed by atoms with Crippen molar-refractivity contribution in [1.82, 2.24) is 0 Å². The Morgan fingerprint density at radius 3 is 2.79 bits per heavy atom. The van der Waals surface area contributed by atoms with Crippen LogP contribution in [0.4, 0.5) is 4.39 Å². The third kappa shape index (κ3) is 2.55. The van der Waals surface area contributed by atoms with Crippen LogP contribution in [-0.4, -0.2) is 6.29 Å². The number of carbonyl (C=O) groups is 1. The van der Waals surface area contributed by atoms with Crippen molar-refractivity contribution in [2.75, 3.05) is 0 Å². The Morgan fingerprint density at radius 2 is 2.29 bits per heavy atom. The molecule has 0 aliphatic rings. The average Bonchev–Trinajstić information content (AvgIpc) is 2.13. The van der Waals surface area contributed by atoms with Gasteiger partial charge in [0.2, 0.25) is 0 Å². The Balaban J connectivity index is 3.05. The molecule has 0 fully saturated rings. The lowest BCUT2D eigenvalue weighted by molar-refractivity contribution is -0.108. The maximum atomic E-state index is 13.2. The zero-order valence-corrected chi connectivity index (χ0v) is 9.90. The SMILES string of the molecule is CC(CC=O)c1cc(F)c(Br)c(Cl)c1. The first-order valence-corrected chi connectivity index (χ1v) is 5.31. The molecule has 0 saturated carbocycles. The van der Waals surface area contributed by atoms with E-state index in [9.17, 15) is 9.18 Å². The molecule has 0 aliphatic carbocycles. The van der Waals surface area contributed by atoms with Crippen molar-refractivity contribution in [3.05, 3.63) is 33.0 Å². The number of halogens is 3. The van der Waals surface area contributed by atoms with E-state index >= 15 is 0 Å². The van der Waals surface area contributed by atoms with Gasteiger partial charge in [-0.2, -0.15) is 0 Å². The van der Waals surface area contributed by atoms with Crippen LogP contribution in [0.5, 0.6) is 0 Å². The van der Waals surface area contributed by atoms with Gasteiger partial charge in [-0.25, -0.2) is 4.39 Å². The van der Waals surface area contributed by atoms with Crippen LogP contribution in [0.1, 0.15) is 24.8 Å². The largest absolute Gasteiger partial charge is 0.303 e. The minimum absolute atomic E-state index is 0.00685. The third-order valence-corrected chi connectivity index (χ3v) is 3.36. The summed E-state index contributed by atoms with van der Waals surface area (Å²) in [5, 5.41) is 0.331. The number of aldehydes is 1. The molecule has 0 radical (unpaired) electrons. The van der Waals surface area contributed by atoms with E-state index < -0.39 is 5.82 Å². The van der Waals surface area contributed by atoms with Crippen molar-refractivity contribution in [2.45, 2.75) is 19.3 Å². The first-order valence-electron chi connectivity index (χ1n) is 4.14. The number of rotatable bonds is 3. The van der Waals surface area contributed by atoms with Crippen LogP contribution in [0, 0.1) is 5.82 Å². The molecule has 0 spiro atoms. The molecule has 76 valence electrons. The molecule has 0 bridgehead atoms. The molecular formula is C10H9BrClFO. The van der Waals surface area contributed by atoms with E-state index in [0.29, 0.717) is 11.4 Å². The summed E-state index contributed by atoms with van der Waals surface area (Å²) in [5.74, 6) is -0.405. The highest BCUT2D eigenvalue weighted by atomic mass is 79.9. The highest BCUT2D eigenvalue weighted by Gasteiger charge is 2.11. The molecule has 1 aromatic carbocycles. The van der Waals surface area contributed by atoms with E-state index in [0.717, 1.165) is 11.8 Å². The standard InChI is InChI=1S/C10H9BrClFO/c1-6(2-3-14)7-4-8(12)10(11)9(13)5-7/h3-6H,2H2,1H3. The number of hydrogen-bond acceptors (Lipinski definition) is 1. The van der Waals surface area contributed by atoms with E-state index in [-0.39, 0.29) is 10.4 Å². The molecule has 1 atom stereocenters. The second kappa shape index (κ2) is 4.89. The van der Waals surface area contributed by atoms with Crippen LogP contribution in [0.25, 0.3) is 0 Å².